The van der Waals surface area contributed by atoms with E-state index >= 15 is 0 Å². The number of rotatable bonds is 7. The fourth-order valence-corrected chi connectivity index (χ4v) is 4.71. The van der Waals surface area contributed by atoms with Gasteiger partial charge in [0, 0.05) is 38.5 Å². The van der Waals surface area contributed by atoms with Gasteiger partial charge in [-0.2, -0.15) is 0 Å². The van der Waals surface area contributed by atoms with Crippen LogP contribution in [0, 0.1) is 0 Å². The molecule has 2 fully saturated rings. The van der Waals surface area contributed by atoms with Crippen LogP contribution < -0.4 is 20.9 Å². The number of carbonyl (C=O) groups excluding carboxylic acids is 1. The van der Waals surface area contributed by atoms with Crippen LogP contribution >= 0.6 is 0 Å². The average molecular weight is 501 g/mol. The first-order chi connectivity index (χ1) is 17.9. The molecule has 1 amide bonds. The van der Waals surface area contributed by atoms with Crippen LogP contribution in [0.2, 0.25) is 0 Å². The maximum absolute atomic E-state index is 13.3. The van der Waals surface area contributed by atoms with Crippen molar-refractivity contribution in [2.45, 2.75) is 50.7 Å². The number of carbonyl (C=O) groups is 1. The van der Waals surface area contributed by atoms with Gasteiger partial charge in [0.15, 0.2) is 0 Å². The van der Waals surface area contributed by atoms with Crippen molar-refractivity contribution < 1.29 is 14.6 Å². The Morgan fingerprint density at radius 2 is 1.92 bits per heavy atom. The number of anilines is 3. The minimum atomic E-state index is -0.483. The predicted octanol–water partition coefficient (Wildman–Crippen LogP) is 4.20. The smallest absolute Gasteiger partial charge is 0.274 e. The van der Waals surface area contributed by atoms with Crippen LogP contribution in [0.4, 0.5) is 17.5 Å². The molecule has 2 saturated carbocycles. The van der Waals surface area contributed by atoms with Crippen molar-refractivity contribution >= 4 is 34.4 Å². The minimum absolute atomic E-state index is 0.156. The number of aryl methyl sites for hydroxylation is 1. The quantitative estimate of drug-likeness (QED) is 0.348. The van der Waals surface area contributed by atoms with Crippen molar-refractivity contribution in [2.75, 3.05) is 10.6 Å². The van der Waals surface area contributed by atoms with E-state index in [-0.39, 0.29) is 17.5 Å². The van der Waals surface area contributed by atoms with Crippen molar-refractivity contribution in [3.8, 4) is 11.5 Å². The molecule has 4 aromatic rings. The Hall–Kier alpha value is -4.18. The topological polar surface area (TPSA) is 123 Å². The molecule has 3 N–H and O–H groups in total. The number of nitrogens with one attached hydrogen (secondary N) is 2. The normalized spacial score (nSPS) is 18.9. The standard InChI is InChI=1S/C27H28N6O4/c1-15(34)29-25-13-19(9-10-28-25)37-18-5-6-20-23(12-18)32(2)27(30-20)31-21-11-17(16-3-4-16)14-33(26(21)36)22-7-8-24(22)35/h5-6,9-14,16,22,24,35H,3-4,7-8H2,1-2H3,(H,30,31)(H,28,29,34)/t22?,24-/m1/s1. The van der Waals surface area contributed by atoms with E-state index in [1.54, 1.807) is 22.9 Å². The van der Waals surface area contributed by atoms with Crippen LogP contribution in [0.3, 0.4) is 0 Å². The number of aliphatic hydroxyl groups is 1. The Bertz CT molecular complexity index is 1570. The highest BCUT2D eigenvalue weighted by atomic mass is 16.5. The summed E-state index contributed by atoms with van der Waals surface area (Å²) in [6.45, 7) is 1.42. The zero-order valence-corrected chi connectivity index (χ0v) is 20.6. The summed E-state index contributed by atoms with van der Waals surface area (Å²) in [5, 5.41) is 16.1. The lowest BCUT2D eigenvalue weighted by Crippen LogP contribution is -2.39. The van der Waals surface area contributed by atoms with Crippen molar-refractivity contribution in [2.24, 2.45) is 7.05 Å². The first-order valence-corrected chi connectivity index (χ1v) is 12.4. The van der Waals surface area contributed by atoms with Crippen molar-refractivity contribution in [1.29, 1.82) is 0 Å². The molecule has 10 heteroatoms. The largest absolute Gasteiger partial charge is 0.457 e. The molecule has 6 rings (SSSR count). The fraction of sp³-hybridized carbons (Fsp3) is 0.333. The van der Waals surface area contributed by atoms with Gasteiger partial charge in [0.2, 0.25) is 11.9 Å². The number of fused-ring (bicyclic) bond motifs is 1. The van der Waals surface area contributed by atoms with Crippen molar-refractivity contribution in [3.63, 3.8) is 0 Å². The second-order valence-corrected chi connectivity index (χ2v) is 9.82. The number of hydrogen-bond acceptors (Lipinski definition) is 7. The molecule has 0 saturated heterocycles. The van der Waals surface area contributed by atoms with E-state index in [0.717, 1.165) is 42.3 Å². The third-order valence-electron chi connectivity index (χ3n) is 7.04. The molecular weight excluding hydrogens is 472 g/mol. The molecule has 0 aliphatic heterocycles. The fourth-order valence-electron chi connectivity index (χ4n) is 4.71. The van der Waals surface area contributed by atoms with E-state index < -0.39 is 6.10 Å². The van der Waals surface area contributed by atoms with E-state index in [9.17, 15) is 14.7 Å². The lowest BCUT2D eigenvalue weighted by Gasteiger charge is -2.34. The SMILES string of the molecule is CC(=O)Nc1cc(Oc2ccc3nc(Nc4cc(C5CC5)cn(C5CC[C@H]5O)c4=O)n(C)c3c2)ccn1. The number of aromatic nitrogens is 4. The molecule has 2 aliphatic rings. The number of hydrogen-bond donors (Lipinski definition) is 3. The Morgan fingerprint density at radius 3 is 2.62 bits per heavy atom. The highest BCUT2D eigenvalue weighted by molar-refractivity contribution is 5.87. The van der Waals surface area contributed by atoms with Crippen LogP contribution in [0.15, 0.2) is 53.6 Å². The lowest BCUT2D eigenvalue weighted by molar-refractivity contribution is -0.114. The summed E-state index contributed by atoms with van der Waals surface area (Å²) in [6, 6.07) is 10.7. The van der Waals surface area contributed by atoms with E-state index in [2.05, 4.69) is 15.6 Å². The maximum atomic E-state index is 13.3. The van der Waals surface area contributed by atoms with Gasteiger partial charge >= 0.3 is 0 Å². The summed E-state index contributed by atoms with van der Waals surface area (Å²) in [5.74, 6) is 2.33. The van der Waals surface area contributed by atoms with Gasteiger partial charge in [-0.3, -0.25) is 9.59 Å². The molecule has 2 aliphatic carbocycles. The summed E-state index contributed by atoms with van der Waals surface area (Å²) in [4.78, 5) is 33.5. The van der Waals surface area contributed by atoms with Gasteiger partial charge in [0.05, 0.1) is 23.2 Å². The van der Waals surface area contributed by atoms with Crippen molar-refractivity contribution in [3.05, 3.63) is 64.7 Å². The molecule has 2 atom stereocenters. The molecule has 1 aromatic carbocycles. The lowest BCUT2D eigenvalue weighted by atomic mass is 9.88. The molecule has 0 spiro atoms. The van der Waals surface area contributed by atoms with Crippen LogP contribution in [0.25, 0.3) is 11.0 Å². The van der Waals surface area contributed by atoms with E-state index in [0.29, 0.717) is 34.9 Å². The zero-order chi connectivity index (χ0) is 25.7. The number of amides is 1. The minimum Gasteiger partial charge on any atom is -0.457 e. The molecule has 0 radical (unpaired) electrons. The monoisotopic (exact) mass is 500 g/mol. The predicted molar refractivity (Wildman–Crippen MR) is 140 cm³/mol. The van der Waals surface area contributed by atoms with Gasteiger partial charge in [-0.05, 0) is 61.4 Å². The second-order valence-electron chi connectivity index (χ2n) is 9.82. The number of ether oxygens (including phenoxy) is 1. The van der Waals surface area contributed by atoms with E-state index in [1.165, 1.54) is 6.92 Å². The molecular formula is C27H28N6O4. The van der Waals surface area contributed by atoms with Crippen LogP contribution in [-0.4, -0.2) is 36.2 Å². The zero-order valence-electron chi connectivity index (χ0n) is 20.6. The molecule has 190 valence electrons. The Labute approximate surface area is 212 Å². The molecule has 0 bridgehead atoms. The van der Waals surface area contributed by atoms with E-state index in [1.807, 2.05) is 42.1 Å². The van der Waals surface area contributed by atoms with Gasteiger partial charge in [-0.1, -0.05) is 0 Å². The Morgan fingerprint density at radius 1 is 1.11 bits per heavy atom. The number of imidazole rings is 1. The van der Waals surface area contributed by atoms with Crippen LogP contribution in [0.1, 0.15) is 50.1 Å². The molecule has 3 aromatic heterocycles. The van der Waals surface area contributed by atoms with Gasteiger partial charge in [0.1, 0.15) is 23.0 Å². The molecule has 37 heavy (non-hydrogen) atoms. The molecule has 3 heterocycles. The van der Waals surface area contributed by atoms with Gasteiger partial charge in [0.25, 0.3) is 5.56 Å². The highest BCUT2D eigenvalue weighted by Crippen LogP contribution is 2.41. The van der Waals surface area contributed by atoms with Gasteiger partial charge < -0.3 is 29.6 Å². The summed E-state index contributed by atoms with van der Waals surface area (Å²) >= 11 is 0. The number of aliphatic hydroxyl groups excluding tert-OH is 1. The highest BCUT2D eigenvalue weighted by Gasteiger charge is 2.33. The van der Waals surface area contributed by atoms with Crippen molar-refractivity contribution in [1.82, 2.24) is 19.1 Å². The summed E-state index contributed by atoms with van der Waals surface area (Å²) in [7, 11) is 1.88. The average Bonchev–Trinajstić information content (AvgIpc) is 3.66. The number of pyridine rings is 2. The van der Waals surface area contributed by atoms with E-state index in [4.69, 9.17) is 9.72 Å². The third-order valence-corrected chi connectivity index (χ3v) is 7.04. The summed E-state index contributed by atoms with van der Waals surface area (Å²) in [6.07, 6.45) is 6.75. The Kier molecular flexibility index (Phi) is 5.68. The Balaban J connectivity index is 1.29. The third kappa shape index (κ3) is 4.55. The summed E-state index contributed by atoms with van der Waals surface area (Å²) in [5.41, 5.74) is 2.99. The molecule has 1 unspecified atom stereocenters. The summed E-state index contributed by atoms with van der Waals surface area (Å²) < 4.78 is 9.58. The number of benzene rings is 1. The second kappa shape index (κ2) is 9.04. The maximum Gasteiger partial charge on any atom is 0.274 e. The van der Waals surface area contributed by atoms with Gasteiger partial charge in [-0.25, -0.2) is 9.97 Å². The number of nitrogens with zero attached hydrogens (tertiary/aromatic N) is 4. The molecule has 10 nitrogen and oxygen atoms in total. The van der Waals surface area contributed by atoms with Crippen LogP contribution in [0.5, 0.6) is 11.5 Å². The van der Waals surface area contributed by atoms with Crippen LogP contribution in [-0.2, 0) is 11.8 Å². The van der Waals surface area contributed by atoms with Gasteiger partial charge in [-0.15, -0.1) is 0 Å². The first-order valence-electron chi connectivity index (χ1n) is 12.4. The first kappa shape index (κ1) is 23.2.